The summed E-state index contributed by atoms with van der Waals surface area (Å²) in [6, 6.07) is 14.3. The van der Waals surface area contributed by atoms with Crippen LogP contribution in [-0.2, 0) is 0 Å². The number of anilines is 1. The van der Waals surface area contributed by atoms with Gasteiger partial charge in [-0.15, -0.1) is 0 Å². The minimum atomic E-state index is -0.557. The fraction of sp³-hybridized carbons (Fsp3) is 0.316. The van der Waals surface area contributed by atoms with Gasteiger partial charge in [-0.3, -0.25) is 9.69 Å². The molecule has 25 heavy (non-hydrogen) atoms. The lowest BCUT2D eigenvalue weighted by atomic mass is 10.2. The van der Waals surface area contributed by atoms with Crippen LogP contribution in [0.3, 0.4) is 0 Å². The maximum Gasteiger partial charge on any atom is 0.254 e. The van der Waals surface area contributed by atoms with Crippen molar-refractivity contribution in [2.45, 2.75) is 0 Å². The molecule has 1 fully saturated rings. The van der Waals surface area contributed by atoms with Gasteiger partial charge in [-0.25, -0.2) is 4.39 Å². The quantitative estimate of drug-likeness (QED) is 0.889. The van der Waals surface area contributed by atoms with Gasteiger partial charge in [-0.2, -0.15) is 0 Å². The van der Waals surface area contributed by atoms with Crippen LogP contribution in [0.4, 0.5) is 10.1 Å². The van der Waals surface area contributed by atoms with Gasteiger partial charge in [0.25, 0.3) is 5.91 Å². The number of rotatable bonds is 5. The highest BCUT2D eigenvalue weighted by Crippen LogP contribution is 2.16. The minimum Gasteiger partial charge on any atom is -0.369 e. The zero-order valence-electron chi connectivity index (χ0n) is 13.9. The third kappa shape index (κ3) is 4.71. The van der Waals surface area contributed by atoms with Gasteiger partial charge in [0, 0.05) is 50.0 Å². The van der Waals surface area contributed by atoms with Gasteiger partial charge < -0.3 is 10.2 Å². The summed E-state index contributed by atoms with van der Waals surface area (Å²) in [6.45, 7) is 5.03. The van der Waals surface area contributed by atoms with Crippen molar-refractivity contribution in [3.05, 3.63) is 64.9 Å². The average Bonchev–Trinajstić information content (AvgIpc) is 2.65. The smallest absolute Gasteiger partial charge is 0.254 e. The van der Waals surface area contributed by atoms with E-state index in [0.717, 1.165) is 32.7 Å². The molecular weight excluding hydrogens is 341 g/mol. The minimum absolute atomic E-state index is 0.0126. The fourth-order valence-corrected chi connectivity index (χ4v) is 3.13. The summed E-state index contributed by atoms with van der Waals surface area (Å²) in [7, 11) is 0. The van der Waals surface area contributed by atoms with Gasteiger partial charge in [0.15, 0.2) is 0 Å². The second-order valence-electron chi connectivity index (χ2n) is 6.04. The Morgan fingerprint density at radius 3 is 2.52 bits per heavy atom. The summed E-state index contributed by atoms with van der Waals surface area (Å²) in [5.74, 6) is -0.985. The molecule has 2 aromatic carbocycles. The lowest BCUT2D eigenvalue weighted by molar-refractivity contribution is 0.0943. The standard InChI is InChI=1S/C19H21ClFN3O/c20-15-6-7-18(21)17(14-15)19(25)22-8-9-23-10-12-24(13-11-23)16-4-2-1-3-5-16/h1-7,14H,8-13H2,(H,22,25). The summed E-state index contributed by atoms with van der Waals surface area (Å²) in [5, 5.41) is 3.11. The molecule has 1 N–H and O–H groups in total. The van der Waals surface area contributed by atoms with Crippen molar-refractivity contribution in [1.29, 1.82) is 0 Å². The number of piperazine rings is 1. The molecule has 0 aromatic heterocycles. The van der Waals surface area contributed by atoms with Crippen molar-refractivity contribution in [2.75, 3.05) is 44.2 Å². The Bertz CT molecular complexity index is 718. The second kappa shape index (κ2) is 8.32. The molecule has 1 saturated heterocycles. The van der Waals surface area contributed by atoms with Crippen molar-refractivity contribution in [3.8, 4) is 0 Å². The topological polar surface area (TPSA) is 35.6 Å². The van der Waals surface area contributed by atoms with Gasteiger partial charge in [0.2, 0.25) is 0 Å². The highest BCUT2D eigenvalue weighted by molar-refractivity contribution is 6.31. The number of nitrogens with one attached hydrogen (secondary N) is 1. The van der Waals surface area contributed by atoms with E-state index in [2.05, 4.69) is 27.2 Å². The Balaban J connectivity index is 1.43. The maximum absolute atomic E-state index is 13.7. The molecule has 3 rings (SSSR count). The molecule has 0 unspecified atom stereocenters. The van der Waals surface area contributed by atoms with Crippen LogP contribution in [0, 0.1) is 5.82 Å². The Kier molecular flexibility index (Phi) is 5.89. The van der Waals surface area contributed by atoms with Crippen LogP contribution >= 0.6 is 11.6 Å². The van der Waals surface area contributed by atoms with Crippen LogP contribution in [0.25, 0.3) is 0 Å². The van der Waals surface area contributed by atoms with Crippen LogP contribution in [0.1, 0.15) is 10.4 Å². The number of para-hydroxylation sites is 1. The Morgan fingerprint density at radius 1 is 1.08 bits per heavy atom. The predicted molar refractivity (Wildman–Crippen MR) is 98.8 cm³/mol. The molecule has 0 atom stereocenters. The van der Waals surface area contributed by atoms with Gasteiger partial charge in [-0.1, -0.05) is 29.8 Å². The number of carbonyl (C=O) groups is 1. The lowest BCUT2D eigenvalue weighted by Crippen LogP contribution is -2.48. The lowest BCUT2D eigenvalue weighted by Gasteiger charge is -2.36. The molecule has 0 saturated carbocycles. The monoisotopic (exact) mass is 361 g/mol. The first kappa shape index (κ1) is 17.7. The third-order valence-electron chi connectivity index (χ3n) is 4.38. The highest BCUT2D eigenvalue weighted by Gasteiger charge is 2.17. The fourth-order valence-electron chi connectivity index (χ4n) is 2.96. The third-order valence-corrected chi connectivity index (χ3v) is 4.62. The highest BCUT2D eigenvalue weighted by atomic mass is 35.5. The van der Waals surface area contributed by atoms with Crippen LogP contribution in [0.5, 0.6) is 0 Å². The number of amides is 1. The van der Waals surface area contributed by atoms with E-state index in [-0.39, 0.29) is 5.56 Å². The molecule has 6 heteroatoms. The normalized spacial score (nSPS) is 15.2. The summed E-state index contributed by atoms with van der Waals surface area (Å²) in [4.78, 5) is 16.7. The molecule has 1 aliphatic rings. The molecule has 4 nitrogen and oxygen atoms in total. The molecule has 0 radical (unpaired) electrons. The Labute approximate surface area is 152 Å². The number of hydrogen-bond donors (Lipinski definition) is 1. The first-order valence-electron chi connectivity index (χ1n) is 8.39. The number of carbonyl (C=O) groups excluding carboxylic acids is 1. The van der Waals surface area contributed by atoms with E-state index in [1.54, 1.807) is 0 Å². The number of benzene rings is 2. The Morgan fingerprint density at radius 2 is 1.80 bits per heavy atom. The van der Waals surface area contributed by atoms with E-state index in [9.17, 15) is 9.18 Å². The summed E-state index contributed by atoms with van der Waals surface area (Å²) in [6.07, 6.45) is 0. The molecule has 0 aliphatic carbocycles. The Hall–Kier alpha value is -2.11. The zero-order chi connectivity index (χ0) is 17.6. The number of nitrogens with zero attached hydrogens (tertiary/aromatic N) is 2. The van der Waals surface area contributed by atoms with E-state index in [1.807, 2.05) is 18.2 Å². The average molecular weight is 362 g/mol. The van der Waals surface area contributed by atoms with Crippen molar-refractivity contribution in [1.82, 2.24) is 10.2 Å². The van der Waals surface area contributed by atoms with Crippen LogP contribution < -0.4 is 10.2 Å². The van der Waals surface area contributed by atoms with E-state index < -0.39 is 11.7 Å². The van der Waals surface area contributed by atoms with Crippen molar-refractivity contribution in [3.63, 3.8) is 0 Å². The molecular formula is C19H21ClFN3O. The molecule has 0 spiro atoms. The SMILES string of the molecule is O=C(NCCN1CCN(c2ccccc2)CC1)c1cc(Cl)ccc1F. The van der Waals surface area contributed by atoms with Gasteiger partial charge in [0.1, 0.15) is 5.82 Å². The van der Waals surface area contributed by atoms with Crippen molar-refractivity contribution < 1.29 is 9.18 Å². The van der Waals surface area contributed by atoms with E-state index in [4.69, 9.17) is 11.6 Å². The van der Waals surface area contributed by atoms with Crippen LogP contribution in [0.15, 0.2) is 48.5 Å². The van der Waals surface area contributed by atoms with E-state index in [0.29, 0.717) is 11.6 Å². The van der Waals surface area contributed by atoms with Crippen LogP contribution in [0.2, 0.25) is 5.02 Å². The van der Waals surface area contributed by atoms with Crippen molar-refractivity contribution in [2.24, 2.45) is 0 Å². The zero-order valence-corrected chi connectivity index (χ0v) is 14.7. The first-order chi connectivity index (χ1) is 12.1. The summed E-state index contributed by atoms with van der Waals surface area (Å²) >= 11 is 5.82. The molecule has 0 bridgehead atoms. The first-order valence-corrected chi connectivity index (χ1v) is 8.77. The summed E-state index contributed by atoms with van der Waals surface area (Å²) < 4.78 is 13.7. The number of hydrogen-bond acceptors (Lipinski definition) is 3. The van der Waals surface area contributed by atoms with Crippen LogP contribution in [-0.4, -0.2) is 50.1 Å². The summed E-state index contributed by atoms with van der Waals surface area (Å²) in [5.41, 5.74) is 1.23. The second-order valence-corrected chi connectivity index (χ2v) is 6.48. The molecule has 1 aliphatic heterocycles. The molecule has 1 heterocycles. The predicted octanol–water partition coefficient (Wildman–Crippen LogP) is 3.03. The maximum atomic E-state index is 13.7. The van der Waals surface area contributed by atoms with Crippen molar-refractivity contribution >= 4 is 23.2 Å². The molecule has 1 amide bonds. The van der Waals surface area contributed by atoms with Gasteiger partial charge in [-0.05, 0) is 30.3 Å². The number of halogens is 2. The molecule has 2 aromatic rings. The van der Waals surface area contributed by atoms with E-state index >= 15 is 0 Å². The molecule has 132 valence electrons. The van der Waals surface area contributed by atoms with E-state index in [1.165, 1.54) is 23.9 Å². The van der Waals surface area contributed by atoms with Gasteiger partial charge in [0.05, 0.1) is 5.56 Å². The largest absolute Gasteiger partial charge is 0.369 e. The van der Waals surface area contributed by atoms with Gasteiger partial charge >= 0.3 is 0 Å².